The SMILES string of the molecule is CS(=O)(=O)c1ccc(-c2c[nH][nH]c(=O)c2=O)cc1. The topological polar surface area (TPSA) is 99.9 Å². The van der Waals surface area contributed by atoms with Crippen LogP contribution in [0.15, 0.2) is 44.9 Å². The summed E-state index contributed by atoms with van der Waals surface area (Å²) >= 11 is 0. The van der Waals surface area contributed by atoms with Crippen molar-refractivity contribution in [1.82, 2.24) is 10.2 Å². The highest BCUT2D eigenvalue weighted by molar-refractivity contribution is 7.90. The van der Waals surface area contributed by atoms with Gasteiger partial charge in [-0.15, -0.1) is 0 Å². The standard InChI is InChI=1S/C11H10N2O4S/c1-18(16,17)8-4-2-7(3-5-8)9-6-12-13-11(15)10(9)14/h2-6H,1H3,(H,12,14)(H,13,15). The molecule has 2 aromatic rings. The number of aromatic amines is 2. The summed E-state index contributed by atoms with van der Waals surface area (Å²) in [6.45, 7) is 0. The highest BCUT2D eigenvalue weighted by Gasteiger charge is 2.09. The maximum absolute atomic E-state index is 11.6. The van der Waals surface area contributed by atoms with Crippen LogP contribution in [0.3, 0.4) is 0 Å². The second kappa shape index (κ2) is 4.26. The van der Waals surface area contributed by atoms with E-state index in [4.69, 9.17) is 0 Å². The Kier molecular flexibility index (Phi) is 2.92. The van der Waals surface area contributed by atoms with Gasteiger partial charge in [0.1, 0.15) is 0 Å². The summed E-state index contributed by atoms with van der Waals surface area (Å²) in [7, 11) is -3.27. The molecule has 0 aliphatic carbocycles. The summed E-state index contributed by atoms with van der Waals surface area (Å²) in [6, 6.07) is 5.76. The Hall–Kier alpha value is -2.15. The molecule has 0 spiro atoms. The van der Waals surface area contributed by atoms with Crippen molar-refractivity contribution < 1.29 is 8.42 Å². The monoisotopic (exact) mass is 266 g/mol. The molecule has 0 saturated carbocycles. The summed E-state index contributed by atoms with van der Waals surface area (Å²) in [5, 5.41) is 4.61. The second-order valence-corrected chi connectivity index (χ2v) is 5.80. The molecule has 2 N–H and O–H groups in total. The predicted octanol–water partition coefficient (Wildman–Crippen LogP) is 0.134. The zero-order chi connectivity index (χ0) is 13.3. The number of hydrogen-bond donors (Lipinski definition) is 2. The molecule has 0 amide bonds. The van der Waals surface area contributed by atoms with Crippen molar-refractivity contribution >= 4 is 9.84 Å². The lowest BCUT2D eigenvalue weighted by Gasteiger charge is -2.01. The zero-order valence-corrected chi connectivity index (χ0v) is 10.2. The van der Waals surface area contributed by atoms with Crippen LogP contribution in [0.4, 0.5) is 0 Å². The van der Waals surface area contributed by atoms with Crippen LogP contribution < -0.4 is 11.0 Å². The number of rotatable bonds is 2. The highest BCUT2D eigenvalue weighted by Crippen LogP contribution is 2.17. The van der Waals surface area contributed by atoms with E-state index in [9.17, 15) is 18.0 Å². The van der Waals surface area contributed by atoms with Gasteiger partial charge in [-0.05, 0) is 17.7 Å². The molecule has 0 radical (unpaired) electrons. The van der Waals surface area contributed by atoms with E-state index in [1.54, 1.807) is 0 Å². The van der Waals surface area contributed by atoms with Crippen molar-refractivity contribution in [3.8, 4) is 11.1 Å². The van der Waals surface area contributed by atoms with Gasteiger partial charge in [0.15, 0.2) is 9.84 Å². The van der Waals surface area contributed by atoms with E-state index in [0.29, 0.717) is 5.56 Å². The third kappa shape index (κ3) is 2.25. The van der Waals surface area contributed by atoms with E-state index in [-0.39, 0.29) is 10.5 Å². The molecular formula is C11H10N2O4S. The van der Waals surface area contributed by atoms with E-state index in [1.165, 1.54) is 30.5 Å². The van der Waals surface area contributed by atoms with Gasteiger partial charge in [-0.25, -0.2) is 8.42 Å². The van der Waals surface area contributed by atoms with E-state index < -0.39 is 20.8 Å². The van der Waals surface area contributed by atoms with E-state index in [2.05, 4.69) is 10.2 Å². The van der Waals surface area contributed by atoms with Crippen molar-refractivity contribution in [2.45, 2.75) is 4.90 Å². The molecule has 1 aromatic heterocycles. The Morgan fingerprint density at radius 3 is 2.22 bits per heavy atom. The van der Waals surface area contributed by atoms with Crippen LogP contribution in [-0.2, 0) is 9.84 Å². The first-order valence-electron chi connectivity index (χ1n) is 5.00. The van der Waals surface area contributed by atoms with Gasteiger partial charge in [-0.2, -0.15) is 0 Å². The third-order valence-corrected chi connectivity index (χ3v) is 3.58. The van der Waals surface area contributed by atoms with E-state index >= 15 is 0 Å². The van der Waals surface area contributed by atoms with Gasteiger partial charge in [-0.3, -0.25) is 14.7 Å². The van der Waals surface area contributed by atoms with Crippen molar-refractivity contribution in [3.05, 3.63) is 51.0 Å². The van der Waals surface area contributed by atoms with Gasteiger partial charge in [-0.1, -0.05) is 12.1 Å². The molecular weight excluding hydrogens is 256 g/mol. The largest absolute Gasteiger partial charge is 0.310 e. The average molecular weight is 266 g/mol. The zero-order valence-electron chi connectivity index (χ0n) is 9.43. The Bertz CT molecular complexity index is 785. The molecule has 18 heavy (non-hydrogen) atoms. The summed E-state index contributed by atoms with van der Waals surface area (Å²) < 4.78 is 22.6. The van der Waals surface area contributed by atoms with Crippen molar-refractivity contribution in [1.29, 1.82) is 0 Å². The van der Waals surface area contributed by atoms with Gasteiger partial charge < -0.3 is 5.10 Å². The van der Waals surface area contributed by atoms with Crippen LogP contribution >= 0.6 is 0 Å². The number of sulfone groups is 1. The highest BCUT2D eigenvalue weighted by atomic mass is 32.2. The van der Waals surface area contributed by atoms with Crippen molar-refractivity contribution in [3.63, 3.8) is 0 Å². The third-order valence-electron chi connectivity index (χ3n) is 2.45. The first-order valence-corrected chi connectivity index (χ1v) is 6.89. The fourth-order valence-electron chi connectivity index (χ4n) is 1.51. The number of H-pyrrole nitrogens is 2. The lowest BCUT2D eigenvalue weighted by Crippen LogP contribution is -2.28. The Morgan fingerprint density at radius 2 is 1.67 bits per heavy atom. The quantitative estimate of drug-likeness (QED) is 0.755. The Balaban J connectivity index is 2.58. The molecule has 0 fully saturated rings. The molecule has 0 aliphatic rings. The van der Waals surface area contributed by atoms with Crippen LogP contribution in [-0.4, -0.2) is 24.9 Å². The van der Waals surface area contributed by atoms with Gasteiger partial charge in [0.25, 0.3) is 5.43 Å². The molecule has 94 valence electrons. The van der Waals surface area contributed by atoms with E-state index in [0.717, 1.165) is 6.26 Å². The molecule has 2 rings (SSSR count). The Morgan fingerprint density at radius 1 is 1.06 bits per heavy atom. The minimum Gasteiger partial charge on any atom is -0.305 e. The molecule has 6 nitrogen and oxygen atoms in total. The number of benzene rings is 1. The minimum atomic E-state index is -3.27. The van der Waals surface area contributed by atoms with Crippen LogP contribution in [0, 0.1) is 0 Å². The van der Waals surface area contributed by atoms with Gasteiger partial charge >= 0.3 is 5.56 Å². The molecule has 0 saturated heterocycles. The number of nitrogens with one attached hydrogen (secondary N) is 2. The first-order chi connectivity index (χ1) is 8.39. The van der Waals surface area contributed by atoms with Gasteiger partial charge in [0, 0.05) is 12.5 Å². The molecule has 0 bridgehead atoms. The average Bonchev–Trinajstić information content (AvgIpc) is 2.32. The summed E-state index contributed by atoms with van der Waals surface area (Å²) in [5.74, 6) is 0. The fourth-order valence-corrected chi connectivity index (χ4v) is 2.15. The maximum Gasteiger partial charge on any atom is 0.310 e. The number of hydrogen-bond acceptors (Lipinski definition) is 4. The van der Waals surface area contributed by atoms with Crippen molar-refractivity contribution in [2.24, 2.45) is 0 Å². The molecule has 7 heteroatoms. The summed E-state index contributed by atoms with van der Waals surface area (Å²) in [5.41, 5.74) is -0.742. The summed E-state index contributed by atoms with van der Waals surface area (Å²) in [4.78, 5) is 22.9. The predicted molar refractivity (Wildman–Crippen MR) is 66.2 cm³/mol. The van der Waals surface area contributed by atoms with Crippen LogP contribution in [0.25, 0.3) is 11.1 Å². The lowest BCUT2D eigenvalue weighted by atomic mass is 10.1. The molecule has 1 aromatic carbocycles. The lowest BCUT2D eigenvalue weighted by molar-refractivity contribution is 0.602. The summed E-state index contributed by atoms with van der Waals surface area (Å²) in [6.07, 6.45) is 2.46. The molecule has 0 aliphatic heterocycles. The number of aromatic nitrogens is 2. The van der Waals surface area contributed by atoms with Gasteiger partial charge in [0.05, 0.1) is 10.5 Å². The minimum absolute atomic E-state index is 0.160. The smallest absolute Gasteiger partial charge is 0.305 e. The fraction of sp³-hybridized carbons (Fsp3) is 0.0909. The maximum atomic E-state index is 11.6. The first kappa shape index (κ1) is 12.3. The van der Waals surface area contributed by atoms with Crippen LogP contribution in [0.2, 0.25) is 0 Å². The Labute approximate surface area is 102 Å². The van der Waals surface area contributed by atoms with Crippen molar-refractivity contribution in [2.75, 3.05) is 6.26 Å². The normalized spacial score (nSPS) is 11.4. The molecule has 1 heterocycles. The second-order valence-electron chi connectivity index (χ2n) is 3.78. The van der Waals surface area contributed by atoms with Crippen LogP contribution in [0.5, 0.6) is 0 Å². The van der Waals surface area contributed by atoms with Crippen LogP contribution in [0.1, 0.15) is 0 Å². The molecule has 0 unspecified atom stereocenters. The van der Waals surface area contributed by atoms with Gasteiger partial charge in [0.2, 0.25) is 0 Å². The van der Waals surface area contributed by atoms with E-state index in [1.807, 2.05) is 0 Å². The molecule has 0 atom stereocenters.